The lowest BCUT2D eigenvalue weighted by Gasteiger charge is -2.31. The zero-order valence-electron chi connectivity index (χ0n) is 9.43. The van der Waals surface area contributed by atoms with E-state index in [4.69, 9.17) is 0 Å². The second-order valence-corrected chi connectivity index (χ2v) is 4.58. The maximum atomic E-state index is 11.5. The van der Waals surface area contributed by atoms with E-state index in [2.05, 4.69) is 19.8 Å². The average Bonchev–Trinajstić information content (AvgIpc) is 2.71. The van der Waals surface area contributed by atoms with Gasteiger partial charge in [0.1, 0.15) is 10.7 Å². The number of carbonyl (C=O) groups excluding carboxylic acids is 1. The number of piperazine rings is 1. The van der Waals surface area contributed by atoms with Crippen LogP contribution in [0.5, 0.6) is 0 Å². The molecule has 1 N–H and O–H groups in total. The molecular weight excluding hydrogens is 226 g/mol. The summed E-state index contributed by atoms with van der Waals surface area (Å²) >= 11 is 1.35. The van der Waals surface area contributed by atoms with Crippen molar-refractivity contribution in [3.05, 3.63) is 5.69 Å². The molecule has 1 saturated heterocycles. The smallest absolute Gasteiger partial charge is 0.236 e. The van der Waals surface area contributed by atoms with Crippen LogP contribution in [-0.2, 0) is 11.3 Å². The molecule has 0 radical (unpaired) electrons. The number of hydrogen-bond acceptors (Lipinski definition) is 6. The van der Waals surface area contributed by atoms with Gasteiger partial charge in [-0.1, -0.05) is 4.49 Å². The highest BCUT2D eigenvalue weighted by Crippen LogP contribution is 2.18. The van der Waals surface area contributed by atoms with Crippen molar-refractivity contribution in [2.45, 2.75) is 6.54 Å². The molecule has 2 heterocycles. The third kappa shape index (κ3) is 2.30. The van der Waals surface area contributed by atoms with Crippen molar-refractivity contribution >= 4 is 22.4 Å². The van der Waals surface area contributed by atoms with Crippen LogP contribution in [0.1, 0.15) is 5.69 Å². The van der Waals surface area contributed by atoms with Crippen LogP contribution in [-0.4, -0.2) is 59.0 Å². The van der Waals surface area contributed by atoms with Gasteiger partial charge >= 0.3 is 0 Å². The minimum atomic E-state index is 0.167. The fourth-order valence-electron chi connectivity index (χ4n) is 1.66. The van der Waals surface area contributed by atoms with Crippen molar-refractivity contribution in [3.8, 4) is 0 Å². The van der Waals surface area contributed by atoms with Gasteiger partial charge in [-0.05, 0) is 0 Å². The topological polar surface area (TPSA) is 61.4 Å². The second kappa shape index (κ2) is 4.75. The molecule has 1 aromatic rings. The average molecular weight is 241 g/mol. The minimum absolute atomic E-state index is 0.167. The first-order valence-corrected chi connectivity index (χ1v) is 5.93. The highest BCUT2D eigenvalue weighted by atomic mass is 32.1. The molecule has 1 aliphatic heterocycles. The Morgan fingerprint density at radius 1 is 1.50 bits per heavy atom. The normalized spacial score (nSPS) is 17.9. The number of carbonyl (C=O) groups is 1. The molecule has 88 valence electrons. The number of anilines is 1. The van der Waals surface area contributed by atoms with Crippen molar-refractivity contribution in [1.82, 2.24) is 19.4 Å². The first-order chi connectivity index (χ1) is 7.70. The zero-order valence-corrected chi connectivity index (χ0v) is 10.3. The molecular formula is C9H15N5OS. The Balaban J connectivity index is 1.98. The number of hydrogen-bond donors (Lipinski definition) is 1. The van der Waals surface area contributed by atoms with Gasteiger partial charge in [0.05, 0.1) is 6.54 Å². The SMILES string of the molecule is CNc1snnc1CN1CCN(C)C(=O)C1. The monoisotopic (exact) mass is 241 g/mol. The van der Waals surface area contributed by atoms with Crippen molar-refractivity contribution in [3.63, 3.8) is 0 Å². The number of likely N-dealkylation sites (N-methyl/N-ethyl adjacent to an activating group) is 1. The molecule has 1 aliphatic rings. The molecule has 0 aromatic carbocycles. The standard InChI is InChI=1S/C9H15N5OS/c1-10-9-7(11-12-16-9)5-14-4-3-13(2)8(15)6-14/h10H,3-6H2,1-2H3. The Morgan fingerprint density at radius 3 is 3.00 bits per heavy atom. The summed E-state index contributed by atoms with van der Waals surface area (Å²) in [6.07, 6.45) is 0. The lowest BCUT2D eigenvalue weighted by molar-refractivity contribution is -0.134. The first-order valence-electron chi connectivity index (χ1n) is 5.16. The van der Waals surface area contributed by atoms with Crippen molar-refractivity contribution in [2.24, 2.45) is 0 Å². The quantitative estimate of drug-likeness (QED) is 0.797. The van der Waals surface area contributed by atoms with Gasteiger partial charge in [-0.25, -0.2) is 0 Å². The van der Waals surface area contributed by atoms with Crippen LogP contribution >= 0.6 is 11.5 Å². The summed E-state index contributed by atoms with van der Waals surface area (Å²) in [7, 11) is 3.69. The summed E-state index contributed by atoms with van der Waals surface area (Å²) in [6, 6.07) is 0. The maximum Gasteiger partial charge on any atom is 0.236 e. The van der Waals surface area contributed by atoms with E-state index in [-0.39, 0.29) is 5.91 Å². The Kier molecular flexibility index (Phi) is 3.35. The summed E-state index contributed by atoms with van der Waals surface area (Å²) in [5.74, 6) is 0.167. The molecule has 16 heavy (non-hydrogen) atoms. The number of nitrogens with zero attached hydrogens (tertiary/aromatic N) is 4. The molecule has 1 aromatic heterocycles. The molecule has 2 rings (SSSR count). The minimum Gasteiger partial charge on any atom is -0.377 e. The van der Waals surface area contributed by atoms with E-state index in [1.165, 1.54) is 11.5 Å². The molecule has 0 saturated carbocycles. The molecule has 0 bridgehead atoms. The molecule has 0 unspecified atom stereocenters. The predicted molar refractivity (Wildman–Crippen MR) is 62.4 cm³/mol. The molecule has 0 spiro atoms. The van der Waals surface area contributed by atoms with Gasteiger partial charge in [0, 0.05) is 45.3 Å². The highest BCUT2D eigenvalue weighted by molar-refractivity contribution is 7.10. The van der Waals surface area contributed by atoms with Crippen LogP contribution < -0.4 is 5.32 Å². The predicted octanol–water partition coefficient (Wildman–Crippen LogP) is -0.146. The summed E-state index contributed by atoms with van der Waals surface area (Å²) in [5.41, 5.74) is 0.921. The van der Waals surface area contributed by atoms with E-state index in [1.54, 1.807) is 4.90 Å². The Morgan fingerprint density at radius 2 is 2.31 bits per heavy atom. The summed E-state index contributed by atoms with van der Waals surface area (Å²) in [5, 5.41) is 8.10. The summed E-state index contributed by atoms with van der Waals surface area (Å²) < 4.78 is 3.90. The third-order valence-corrected chi connectivity index (χ3v) is 3.48. The van der Waals surface area contributed by atoms with E-state index in [9.17, 15) is 4.79 Å². The van der Waals surface area contributed by atoms with Crippen molar-refractivity contribution < 1.29 is 4.79 Å². The summed E-state index contributed by atoms with van der Waals surface area (Å²) in [4.78, 5) is 15.4. The Labute approximate surface area is 98.4 Å². The molecule has 0 aliphatic carbocycles. The van der Waals surface area contributed by atoms with Gasteiger partial charge in [0.15, 0.2) is 0 Å². The first kappa shape index (κ1) is 11.3. The van der Waals surface area contributed by atoms with Crippen LogP contribution in [0.2, 0.25) is 0 Å². The largest absolute Gasteiger partial charge is 0.377 e. The number of nitrogens with one attached hydrogen (secondary N) is 1. The van der Waals surface area contributed by atoms with Crippen molar-refractivity contribution in [2.75, 3.05) is 39.0 Å². The Bertz CT molecular complexity index is 380. The maximum absolute atomic E-state index is 11.5. The number of amides is 1. The Hall–Kier alpha value is -1.21. The van der Waals surface area contributed by atoms with E-state index < -0.39 is 0 Å². The van der Waals surface area contributed by atoms with Gasteiger partial charge in [-0.3, -0.25) is 9.69 Å². The fraction of sp³-hybridized carbons (Fsp3) is 0.667. The lowest BCUT2D eigenvalue weighted by atomic mass is 10.3. The van der Waals surface area contributed by atoms with E-state index in [0.29, 0.717) is 13.1 Å². The highest BCUT2D eigenvalue weighted by Gasteiger charge is 2.22. The van der Waals surface area contributed by atoms with Crippen LogP contribution in [0.25, 0.3) is 0 Å². The molecule has 7 heteroatoms. The van der Waals surface area contributed by atoms with Crippen LogP contribution in [0.4, 0.5) is 5.00 Å². The molecule has 1 fully saturated rings. The summed E-state index contributed by atoms with van der Waals surface area (Å²) in [6.45, 7) is 2.83. The van der Waals surface area contributed by atoms with Gasteiger partial charge < -0.3 is 10.2 Å². The van der Waals surface area contributed by atoms with Gasteiger partial charge in [-0.15, -0.1) is 5.10 Å². The van der Waals surface area contributed by atoms with Crippen LogP contribution in [0, 0.1) is 0 Å². The molecule has 1 amide bonds. The van der Waals surface area contributed by atoms with Gasteiger partial charge in [0.2, 0.25) is 5.91 Å². The lowest BCUT2D eigenvalue weighted by Crippen LogP contribution is -2.48. The fourth-order valence-corrected chi connectivity index (χ4v) is 2.18. The van der Waals surface area contributed by atoms with Crippen molar-refractivity contribution in [1.29, 1.82) is 0 Å². The number of rotatable bonds is 3. The van der Waals surface area contributed by atoms with E-state index >= 15 is 0 Å². The second-order valence-electron chi connectivity index (χ2n) is 3.82. The van der Waals surface area contributed by atoms with E-state index in [1.807, 2.05) is 14.1 Å². The third-order valence-electron chi connectivity index (χ3n) is 2.69. The van der Waals surface area contributed by atoms with Crippen LogP contribution in [0.15, 0.2) is 0 Å². The molecule has 6 nitrogen and oxygen atoms in total. The van der Waals surface area contributed by atoms with Crippen LogP contribution in [0.3, 0.4) is 0 Å². The number of aromatic nitrogens is 2. The van der Waals surface area contributed by atoms with Gasteiger partial charge in [0.25, 0.3) is 0 Å². The van der Waals surface area contributed by atoms with Gasteiger partial charge in [-0.2, -0.15) is 0 Å². The molecule has 0 atom stereocenters. The zero-order chi connectivity index (χ0) is 11.5. The van der Waals surface area contributed by atoms with E-state index in [0.717, 1.165) is 23.8 Å².